The molecule has 0 saturated heterocycles. The van der Waals surface area contributed by atoms with Crippen molar-refractivity contribution >= 4 is 17.7 Å². The number of hydrogen-bond donors (Lipinski definition) is 0. The minimum atomic E-state index is -0.249. The summed E-state index contributed by atoms with van der Waals surface area (Å²) in [4.78, 5) is 14.9. The molecule has 0 aliphatic heterocycles. The van der Waals surface area contributed by atoms with E-state index < -0.39 is 0 Å². The molecule has 1 heterocycles. The van der Waals surface area contributed by atoms with E-state index in [-0.39, 0.29) is 44.4 Å². The normalized spacial score (nSPS) is 9.00. The van der Waals surface area contributed by atoms with Crippen LogP contribution >= 0.6 is 11.8 Å². The first-order valence-electron chi connectivity index (χ1n) is 3.76. The number of aromatic nitrogens is 1. The fraction of sp³-hybridized carbons (Fsp3) is 0.333. The van der Waals surface area contributed by atoms with Gasteiger partial charge in [-0.25, -0.2) is 12.1 Å². The maximum Gasteiger partial charge on any atom is 0.315 e. The average Bonchev–Trinajstić information content (AvgIpc) is 2.16. The van der Waals surface area contributed by atoms with Crippen molar-refractivity contribution in [1.29, 1.82) is 0 Å². The summed E-state index contributed by atoms with van der Waals surface area (Å²) in [6, 6.07) is 4.80. The number of nitrogens with zero attached hydrogens (tertiary/aromatic N) is 1. The molecule has 0 aromatic carbocycles. The van der Waals surface area contributed by atoms with Crippen molar-refractivity contribution in [2.75, 3.05) is 12.9 Å². The van der Waals surface area contributed by atoms with Gasteiger partial charge in [-0.3, -0.25) is 9.78 Å². The van der Waals surface area contributed by atoms with Crippen molar-refractivity contribution < 1.29 is 42.2 Å². The van der Waals surface area contributed by atoms with Gasteiger partial charge >= 0.3 is 5.97 Å². The van der Waals surface area contributed by atoms with Crippen LogP contribution in [0.2, 0.25) is 0 Å². The maximum atomic E-state index is 10.8. The van der Waals surface area contributed by atoms with Crippen molar-refractivity contribution in [3.63, 3.8) is 0 Å². The molecule has 1 radical (unpaired) electrons. The Morgan fingerprint density at radius 1 is 1.71 bits per heavy atom. The Morgan fingerprint density at radius 2 is 2.43 bits per heavy atom. The number of methoxy groups -OCH3 is 1. The zero-order chi connectivity index (χ0) is 9.68. The molecule has 0 aliphatic rings. The molecule has 1 rings (SSSR count). The van der Waals surface area contributed by atoms with E-state index in [1.54, 1.807) is 6.20 Å². The molecular weight excluding hydrogens is 275 g/mol. The molecular formula is C9H10NO2SY-. The Balaban J connectivity index is 0.00000169. The summed E-state index contributed by atoms with van der Waals surface area (Å²) in [5.41, 5.74) is 1.06. The third kappa shape index (κ3) is 5.08. The first-order chi connectivity index (χ1) is 6.22. The van der Waals surface area contributed by atoms with Crippen LogP contribution in [0.25, 0.3) is 0 Å². The van der Waals surface area contributed by atoms with Crippen molar-refractivity contribution in [2.24, 2.45) is 0 Å². The Kier molecular flexibility index (Phi) is 7.42. The SMILES string of the molecule is COC(=O)CSc1[c-]cc(C)cn1.[Y]. The molecule has 1 aromatic rings. The van der Waals surface area contributed by atoms with Gasteiger partial charge in [0.2, 0.25) is 0 Å². The van der Waals surface area contributed by atoms with Crippen LogP contribution in [0.1, 0.15) is 5.56 Å². The van der Waals surface area contributed by atoms with Crippen LogP contribution in [0.4, 0.5) is 0 Å². The van der Waals surface area contributed by atoms with E-state index in [4.69, 9.17) is 0 Å². The van der Waals surface area contributed by atoms with E-state index >= 15 is 0 Å². The van der Waals surface area contributed by atoms with Crippen LogP contribution in [-0.4, -0.2) is 23.8 Å². The number of carbonyl (C=O) groups is 1. The van der Waals surface area contributed by atoms with E-state index in [1.165, 1.54) is 18.9 Å². The van der Waals surface area contributed by atoms with Gasteiger partial charge in [-0.05, 0) is 0 Å². The number of ether oxygens (including phenoxy) is 1. The van der Waals surface area contributed by atoms with Gasteiger partial charge in [-0.15, -0.1) is 18.7 Å². The van der Waals surface area contributed by atoms with Gasteiger partial charge < -0.3 is 4.74 Å². The second-order valence-corrected chi connectivity index (χ2v) is 3.42. The van der Waals surface area contributed by atoms with Crippen molar-refractivity contribution in [3.8, 4) is 0 Å². The van der Waals surface area contributed by atoms with E-state index in [2.05, 4.69) is 15.8 Å². The van der Waals surface area contributed by atoms with Crippen LogP contribution in [0.5, 0.6) is 0 Å². The topological polar surface area (TPSA) is 39.2 Å². The third-order valence-corrected chi connectivity index (χ3v) is 2.24. The summed E-state index contributed by atoms with van der Waals surface area (Å²) in [5.74, 6) is 0.0315. The standard InChI is InChI=1S/C9H10NO2S.Y/c1-7-3-4-8(10-5-7)13-6-9(11)12-2;/h3,5H,6H2,1-2H3;/q-1;. The average molecular weight is 285 g/mol. The van der Waals surface area contributed by atoms with E-state index in [0.29, 0.717) is 0 Å². The molecule has 0 aliphatic carbocycles. The summed E-state index contributed by atoms with van der Waals surface area (Å²) < 4.78 is 4.49. The number of carbonyl (C=O) groups excluding carboxylic acids is 1. The molecule has 3 nitrogen and oxygen atoms in total. The van der Waals surface area contributed by atoms with Crippen molar-refractivity contribution in [3.05, 3.63) is 23.9 Å². The Labute approximate surface area is 113 Å². The molecule has 0 amide bonds. The molecule has 1 aromatic heterocycles. The van der Waals surface area contributed by atoms with Gasteiger partial charge in [0.15, 0.2) is 0 Å². The second kappa shape index (κ2) is 7.38. The van der Waals surface area contributed by atoms with Crippen molar-refractivity contribution in [2.45, 2.75) is 11.9 Å². The molecule has 73 valence electrons. The summed E-state index contributed by atoms with van der Waals surface area (Å²) >= 11 is 1.32. The number of rotatable bonds is 3. The van der Waals surface area contributed by atoms with Crippen molar-refractivity contribution in [1.82, 2.24) is 4.98 Å². The molecule has 0 fully saturated rings. The first kappa shape index (κ1) is 14.1. The number of aryl methyl sites for hydroxylation is 1. The molecule has 0 N–H and O–H groups in total. The van der Waals surface area contributed by atoms with Crippen LogP contribution in [0.15, 0.2) is 17.3 Å². The largest absolute Gasteiger partial charge is 0.468 e. The zero-order valence-corrected chi connectivity index (χ0v) is 11.8. The summed E-state index contributed by atoms with van der Waals surface area (Å²) in [6.07, 6.45) is 1.75. The minimum Gasteiger partial charge on any atom is -0.468 e. The first-order valence-corrected chi connectivity index (χ1v) is 4.75. The van der Waals surface area contributed by atoms with E-state index in [0.717, 1.165) is 10.6 Å². The van der Waals surface area contributed by atoms with Crippen LogP contribution < -0.4 is 0 Å². The number of thioether (sulfide) groups is 1. The van der Waals surface area contributed by atoms with Crippen LogP contribution in [-0.2, 0) is 42.2 Å². The number of hydrogen-bond acceptors (Lipinski definition) is 4. The predicted molar refractivity (Wildman–Crippen MR) is 50.6 cm³/mol. The number of esters is 1. The summed E-state index contributed by atoms with van der Waals surface area (Å²) in [5, 5.41) is 0.719. The quantitative estimate of drug-likeness (QED) is 0.479. The van der Waals surface area contributed by atoms with Crippen LogP contribution in [0.3, 0.4) is 0 Å². The molecule has 5 heteroatoms. The molecule has 0 saturated carbocycles. The molecule has 0 unspecified atom stereocenters. The smallest absolute Gasteiger partial charge is 0.315 e. The predicted octanol–water partition coefficient (Wildman–Crippen LogP) is 1.45. The fourth-order valence-corrected chi connectivity index (χ4v) is 1.32. The number of pyridine rings is 1. The van der Waals surface area contributed by atoms with E-state index in [1.807, 2.05) is 13.0 Å². The van der Waals surface area contributed by atoms with Gasteiger partial charge in [0, 0.05) is 37.7 Å². The van der Waals surface area contributed by atoms with Gasteiger partial charge in [0.1, 0.15) is 0 Å². The van der Waals surface area contributed by atoms with Gasteiger partial charge in [-0.1, -0.05) is 6.20 Å². The van der Waals surface area contributed by atoms with Gasteiger partial charge in [-0.2, -0.15) is 5.56 Å². The summed E-state index contributed by atoms with van der Waals surface area (Å²) in [7, 11) is 1.37. The Bertz CT molecular complexity index is 289. The Morgan fingerprint density at radius 3 is 2.93 bits per heavy atom. The molecule has 0 bridgehead atoms. The van der Waals surface area contributed by atoms with Crippen LogP contribution in [0, 0.1) is 13.0 Å². The molecule has 0 spiro atoms. The summed E-state index contributed by atoms with van der Waals surface area (Å²) in [6.45, 7) is 1.94. The van der Waals surface area contributed by atoms with E-state index in [9.17, 15) is 4.79 Å². The Hall–Kier alpha value is 0.0739. The monoisotopic (exact) mass is 285 g/mol. The molecule has 0 atom stereocenters. The van der Waals surface area contributed by atoms with Gasteiger partial charge in [0.25, 0.3) is 0 Å². The third-order valence-electron chi connectivity index (χ3n) is 1.36. The fourth-order valence-electron chi connectivity index (χ4n) is 0.676. The second-order valence-electron chi connectivity index (χ2n) is 2.46. The maximum absolute atomic E-state index is 10.8. The molecule has 14 heavy (non-hydrogen) atoms. The minimum absolute atomic E-state index is 0. The van der Waals surface area contributed by atoms with Gasteiger partial charge in [0.05, 0.1) is 12.9 Å². The zero-order valence-electron chi connectivity index (χ0n) is 8.11.